The molecule has 0 N–H and O–H groups in total. The molecule has 0 aromatic heterocycles. The standard InChI is InChI=1S/C11H10N2O5/c14-10-5-6-11(15)12(10)18-7-8-3-1-2-4-9(8)13(16)17/h1-4H,5-7H2. The molecule has 1 aromatic carbocycles. The molecule has 1 fully saturated rings. The van der Waals surface area contributed by atoms with Gasteiger partial charge in [-0.2, -0.15) is 5.06 Å². The highest BCUT2D eigenvalue weighted by atomic mass is 16.7. The second-order valence-electron chi connectivity index (χ2n) is 3.74. The van der Waals surface area contributed by atoms with Gasteiger partial charge in [0.25, 0.3) is 17.5 Å². The summed E-state index contributed by atoms with van der Waals surface area (Å²) in [6.07, 6.45) is 0.242. The SMILES string of the molecule is O=C1CCC(=O)N1OCc1ccccc1[N+](=O)[O-]. The number of hydrogen-bond donors (Lipinski definition) is 0. The quantitative estimate of drug-likeness (QED) is 0.454. The summed E-state index contributed by atoms with van der Waals surface area (Å²) in [5.41, 5.74) is 0.214. The Morgan fingerprint density at radius 2 is 1.83 bits per heavy atom. The van der Waals surface area contributed by atoms with E-state index in [-0.39, 0.29) is 25.1 Å². The Labute approximate surface area is 102 Å². The Morgan fingerprint density at radius 1 is 1.22 bits per heavy atom. The van der Waals surface area contributed by atoms with Crippen molar-refractivity contribution in [3.63, 3.8) is 0 Å². The number of carbonyl (C=O) groups is 2. The summed E-state index contributed by atoms with van der Waals surface area (Å²) in [6.45, 7) is -0.186. The van der Waals surface area contributed by atoms with Crippen molar-refractivity contribution in [1.29, 1.82) is 0 Å². The van der Waals surface area contributed by atoms with Gasteiger partial charge >= 0.3 is 0 Å². The van der Waals surface area contributed by atoms with E-state index in [4.69, 9.17) is 4.84 Å². The third-order valence-corrected chi connectivity index (χ3v) is 2.54. The number of nitro benzene ring substituents is 1. The molecule has 18 heavy (non-hydrogen) atoms. The second-order valence-corrected chi connectivity index (χ2v) is 3.74. The molecule has 0 unspecified atom stereocenters. The third-order valence-electron chi connectivity index (χ3n) is 2.54. The highest BCUT2D eigenvalue weighted by molar-refractivity contribution is 6.00. The maximum Gasteiger partial charge on any atom is 0.275 e. The molecule has 2 amide bonds. The van der Waals surface area contributed by atoms with Crippen LogP contribution in [0.3, 0.4) is 0 Å². The largest absolute Gasteiger partial charge is 0.275 e. The molecule has 1 heterocycles. The van der Waals surface area contributed by atoms with Crippen LogP contribution in [0.5, 0.6) is 0 Å². The summed E-state index contributed by atoms with van der Waals surface area (Å²) in [5, 5.41) is 11.4. The highest BCUT2D eigenvalue weighted by Gasteiger charge is 2.30. The van der Waals surface area contributed by atoms with Crippen LogP contribution < -0.4 is 0 Å². The maximum atomic E-state index is 11.3. The molecular weight excluding hydrogens is 240 g/mol. The number of amides is 2. The van der Waals surface area contributed by atoms with E-state index in [1.54, 1.807) is 6.07 Å². The first kappa shape index (κ1) is 12.2. The Kier molecular flexibility index (Phi) is 3.33. The fourth-order valence-corrected chi connectivity index (χ4v) is 1.65. The monoisotopic (exact) mass is 250 g/mol. The van der Waals surface area contributed by atoms with Gasteiger partial charge < -0.3 is 0 Å². The zero-order valence-electron chi connectivity index (χ0n) is 9.37. The lowest BCUT2D eigenvalue weighted by molar-refractivity contribution is -0.386. The van der Waals surface area contributed by atoms with Gasteiger partial charge in [0.15, 0.2) is 0 Å². The number of carbonyl (C=O) groups excluding carboxylic acids is 2. The summed E-state index contributed by atoms with van der Waals surface area (Å²) in [5.74, 6) is -0.836. The fourth-order valence-electron chi connectivity index (χ4n) is 1.65. The normalized spacial score (nSPS) is 15.2. The highest BCUT2D eigenvalue weighted by Crippen LogP contribution is 2.20. The average molecular weight is 250 g/mol. The summed E-state index contributed by atoms with van der Waals surface area (Å²) >= 11 is 0. The van der Waals surface area contributed by atoms with Crippen molar-refractivity contribution in [1.82, 2.24) is 5.06 Å². The van der Waals surface area contributed by atoms with E-state index in [1.165, 1.54) is 18.2 Å². The van der Waals surface area contributed by atoms with Gasteiger partial charge in [-0.05, 0) is 6.07 Å². The number of rotatable bonds is 4. The lowest BCUT2D eigenvalue weighted by Crippen LogP contribution is -2.29. The van der Waals surface area contributed by atoms with Crippen molar-refractivity contribution in [3.05, 3.63) is 39.9 Å². The minimum absolute atomic E-state index is 0.100. The predicted octanol–water partition coefficient (Wildman–Crippen LogP) is 1.18. The zero-order valence-corrected chi connectivity index (χ0v) is 9.37. The molecule has 0 saturated carbocycles. The molecule has 0 bridgehead atoms. The van der Waals surface area contributed by atoms with Crippen LogP contribution in [0.2, 0.25) is 0 Å². The second kappa shape index (κ2) is 4.92. The van der Waals surface area contributed by atoms with Gasteiger partial charge in [0, 0.05) is 18.9 Å². The molecule has 1 aromatic rings. The summed E-state index contributed by atoms with van der Waals surface area (Å²) < 4.78 is 0. The first-order valence-corrected chi connectivity index (χ1v) is 5.30. The number of nitrogens with zero attached hydrogens (tertiary/aromatic N) is 2. The number of hydroxylamine groups is 2. The fraction of sp³-hybridized carbons (Fsp3) is 0.273. The van der Waals surface area contributed by atoms with Crippen molar-refractivity contribution in [2.45, 2.75) is 19.4 Å². The van der Waals surface area contributed by atoms with Crippen LogP contribution in [-0.2, 0) is 21.0 Å². The van der Waals surface area contributed by atoms with Crippen LogP contribution in [0.1, 0.15) is 18.4 Å². The van der Waals surface area contributed by atoms with E-state index < -0.39 is 16.7 Å². The number of benzene rings is 1. The molecule has 1 saturated heterocycles. The first-order valence-electron chi connectivity index (χ1n) is 5.30. The first-order chi connectivity index (χ1) is 8.59. The van der Waals surface area contributed by atoms with Gasteiger partial charge in [-0.3, -0.25) is 24.5 Å². The molecule has 7 nitrogen and oxygen atoms in total. The summed E-state index contributed by atoms with van der Waals surface area (Å²) in [6, 6.07) is 6.02. The van der Waals surface area contributed by atoms with Gasteiger partial charge in [-0.15, -0.1) is 0 Å². The molecule has 7 heteroatoms. The van der Waals surface area contributed by atoms with Crippen LogP contribution in [0.25, 0.3) is 0 Å². The topological polar surface area (TPSA) is 89.8 Å². The molecule has 0 aliphatic carbocycles. The number of nitro groups is 1. The smallest absolute Gasteiger partial charge is 0.272 e. The molecular formula is C11H10N2O5. The van der Waals surface area contributed by atoms with Crippen molar-refractivity contribution < 1.29 is 19.3 Å². The summed E-state index contributed by atoms with van der Waals surface area (Å²) in [7, 11) is 0. The Balaban J connectivity index is 2.09. The molecule has 1 aliphatic rings. The molecule has 0 atom stereocenters. The molecule has 94 valence electrons. The van der Waals surface area contributed by atoms with Crippen LogP contribution in [0.4, 0.5) is 5.69 Å². The number of imide groups is 1. The number of hydrogen-bond acceptors (Lipinski definition) is 5. The van der Waals surface area contributed by atoms with Gasteiger partial charge in [0.1, 0.15) is 6.61 Å². The predicted molar refractivity (Wildman–Crippen MR) is 59.0 cm³/mol. The van der Waals surface area contributed by atoms with Gasteiger partial charge in [-0.1, -0.05) is 12.1 Å². The van der Waals surface area contributed by atoms with Crippen molar-refractivity contribution >= 4 is 17.5 Å². The van der Waals surface area contributed by atoms with E-state index in [1.807, 2.05) is 0 Å². The van der Waals surface area contributed by atoms with E-state index >= 15 is 0 Å². The minimum Gasteiger partial charge on any atom is -0.272 e. The van der Waals surface area contributed by atoms with Gasteiger partial charge in [-0.25, -0.2) is 0 Å². The van der Waals surface area contributed by atoms with Crippen molar-refractivity contribution in [3.8, 4) is 0 Å². The Hall–Kier alpha value is -2.28. The third kappa shape index (κ3) is 2.35. The van der Waals surface area contributed by atoms with Crippen LogP contribution in [-0.4, -0.2) is 21.8 Å². The lowest BCUT2D eigenvalue weighted by Gasteiger charge is -2.13. The Bertz CT molecular complexity index is 498. The molecule has 1 aliphatic heterocycles. The molecule has 2 rings (SSSR count). The Morgan fingerprint density at radius 3 is 2.44 bits per heavy atom. The van der Waals surface area contributed by atoms with Crippen LogP contribution in [0, 0.1) is 10.1 Å². The van der Waals surface area contributed by atoms with Gasteiger partial charge in [0.2, 0.25) is 0 Å². The number of para-hydroxylation sites is 1. The summed E-state index contributed by atoms with van der Waals surface area (Å²) in [4.78, 5) is 37.8. The van der Waals surface area contributed by atoms with E-state index in [0.29, 0.717) is 10.6 Å². The van der Waals surface area contributed by atoms with Crippen molar-refractivity contribution in [2.24, 2.45) is 0 Å². The molecule has 0 radical (unpaired) electrons. The van der Waals surface area contributed by atoms with Crippen molar-refractivity contribution in [2.75, 3.05) is 0 Å². The average Bonchev–Trinajstić information content (AvgIpc) is 2.67. The lowest BCUT2D eigenvalue weighted by atomic mass is 10.2. The van der Waals surface area contributed by atoms with E-state index in [0.717, 1.165) is 0 Å². The van der Waals surface area contributed by atoms with E-state index in [2.05, 4.69) is 0 Å². The van der Waals surface area contributed by atoms with Gasteiger partial charge in [0.05, 0.1) is 10.5 Å². The van der Waals surface area contributed by atoms with E-state index in [9.17, 15) is 19.7 Å². The van der Waals surface area contributed by atoms with Crippen LogP contribution in [0.15, 0.2) is 24.3 Å². The zero-order chi connectivity index (χ0) is 13.1. The maximum absolute atomic E-state index is 11.3. The molecule has 0 spiro atoms. The van der Waals surface area contributed by atoms with Crippen LogP contribution >= 0.6 is 0 Å². The minimum atomic E-state index is -0.535.